The van der Waals surface area contributed by atoms with Crippen molar-refractivity contribution in [3.63, 3.8) is 0 Å². The molecular formula is C14H21N5S. The zero-order chi connectivity index (χ0) is 13.8. The number of fused-ring (bicyclic) bond motifs is 1. The smallest absolute Gasteiger partial charge is 0.0964 e. The van der Waals surface area contributed by atoms with Crippen LogP contribution in [0.2, 0.25) is 0 Å². The minimum Gasteiger partial charge on any atom is -0.311 e. The summed E-state index contributed by atoms with van der Waals surface area (Å²) in [5, 5.41) is 13.8. The molecule has 6 heteroatoms. The van der Waals surface area contributed by atoms with Crippen LogP contribution in [0.4, 0.5) is 0 Å². The van der Waals surface area contributed by atoms with E-state index >= 15 is 0 Å². The topological polar surface area (TPSA) is 46.0 Å². The molecular weight excluding hydrogens is 270 g/mol. The van der Waals surface area contributed by atoms with Crippen molar-refractivity contribution in [2.75, 3.05) is 19.6 Å². The van der Waals surface area contributed by atoms with Crippen LogP contribution in [0.1, 0.15) is 23.1 Å². The van der Waals surface area contributed by atoms with E-state index in [4.69, 9.17) is 0 Å². The fraction of sp³-hybridized carbons (Fsp3) is 0.571. The van der Waals surface area contributed by atoms with Crippen molar-refractivity contribution in [1.29, 1.82) is 0 Å². The summed E-state index contributed by atoms with van der Waals surface area (Å²) in [6.45, 7) is 8.06. The average Bonchev–Trinajstić information content (AvgIpc) is 3.11. The van der Waals surface area contributed by atoms with Crippen molar-refractivity contribution in [2.45, 2.75) is 33.0 Å². The maximum Gasteiger partial charge on any atom is 0.0964 e. The fourth-order valence-corrected chi connectivity index (χ4v) is 3.41. The fourth-order valence-electron chi connectivity index (χ4n) is 2.52. The molecule has 0 aromatic carbocycles. The number of rotatable bonds is 6. The van der Waals surface area contributed by atoms with Crippen molar-refractivity contribution >= 4 is 11.3 Å². The largest absolute Gasteiger partial charge is 0.311 e. The van der Waals surface area contributed by atoms with Crippen LogP contribution in [0.15, 0.2) is 17.6 Å². The quantitative estimate of drug-likeness (QED) is 0.876. The van der Waals surface area contributed by atoms with Gasteiger partial charge in [0.2, 0.25) is 0 Å². The van der Waals surface area contributed by atoms with Gasteiger partial charge in [0, 0.05) is 37.3 Å². The molecule has 0 radical (unpaired) electrons. The van der Waals surface area contributed by atoms with Crippen LogP contribution in [0.25, 0.3) is 0 Å². The summed E-state index contributed by atoms with van der Waals surface area (Å²) >= 11 is 1.89. The Morgan fingerprint density at radius 1 is 1.40 bits per heavy atom. The van der Waals surface area contributed by atoms with E-state index < -0.39 is 0 Å². The van der Waals surface area contributed by atoms with Crippen molar-refractivity contribution in [3.05, 3.63) is 33.8 Å². The van der Waals surface area contributed by atoms with Gasteiger partial charge in [0.05, 0.1) is 12.2 Å². The number of nitrogens with one attached hydrogen (secondary N) is 1. The molecule has 0 amide bonds. The minimum atomic E-state index is 0.804. The molecule has 0 spiro atoms. The SMILES string of the molecule is CCNCc1cn(CCN2CCc3sccc3C2)nn1. The predicted octanol–water partition coefficient (Wildman–Crippen LogP) is 1.51. The van der Waals surface area contributed by atoms with Gasteiger partial charge in [-0.1, -0.05) is 12.1 Å². The highest BCUT2D eigenvalue weighted by Gasteiger charge is 2.16. The van der Waals surface area contributed by atoms with Gasteiger partial charge in [-0.25, -0.2) is 0 Å². The van der Waals surface area contributed by atoms with Crippen LogP contribution < -0.4 is 5.32 Å². The average molecular weight is 291 g/mol. The Hall–Kier alpha value is -1.24. The summed E-state index contributed by atoms with van der Waals surface area (Å²) in [6.07, 6.45) is 3.23. The second-order valence-electron chi connectivity index (χ2n) is 5.15. The van der Waals surface area contributed by atoms with Crippen molar-refractivity contribution < 1.29 is 0 Å². The van der Waals surface area contributed by atoms with Crippen molar-refractivity contribution in [1.82, 2.24) is 25.2 Å². The molecule has 3 rings (SSSR count). The Kier molecular flexibility index (Phi) is 4.44. The first-order valence-corrected chi connectivity index (χ1v) is 8.10. The molecule has 0 fully saturated rings. The third-order valence-corrected chi connectivity index (χ3v) is 4.70. The van der Waals surface area contributed by atoms with Gasteiger partial charge in [0.15, 0.2) is 0 Å². The Balaban J connectivity index is 1.49. The molecule has 2 aromatic heterocycles. The van der Waals surface area contributed by atoms with E-state index in [0.29, 0.717) is 0 Å². The molecule has 0 bridgehead atoms. The van der Waals surface area contributed by atoms with E-state index in [9.17, 15) is 0 Å². The number of hydrogen-bond acceptors (Lipinski definition) is 5. The first-order valence-electron chi connectivity index (χ1n) is 7.22. The summed E-state index contributed by atoms with van der Waals surface area (Å²) in [6, 6.07) is 2.26. The summed E-state index contributed by atoms with van der Waals surface area (Å²) in [5.41, 5.74) is 2.53. The number of thiophene rings is 1. The van der Waals surface area contributed by atoms with Crippen LogP contribution in [0.3, 0.4) is 0 Å². The van der Waals surface area contributed by atoms with Crippen LogP contribution in [0, 0.1) is 0 Å². The third kappa shape index (κ3) is 3.26. The first kappa shape index (κ1) is 13.7. The molecule has 108 valence electrons. The van der Waals surface area contributed by atoms with Gasteiger partial charge < -0.3 is 5.32 Å². The van der Waals surface area contributed by atoms with Crippen LogP contribution in [0.5, 0.6) is 0 Å². The zero-order valence-corrected chi connectivity index (χ0v) is 12.7. The third-order valence-electron chi connectivity index (χ3n) is 3.67. The highest BCUT2D eigenvalue weighted by molar-refractivity contribution is 7.10. The standard InChI is InChI=1S/C14H21N5S/c1-2-15-9-13-11-19(17-16-13)7-6-18-5-3-14-12(10-18)4-8-20-14/h4,8,11,15H,2-3,5-7,9-10H2,1H3. The van der Waals surface area contributed by atoms with Gasteiger partial charge >= 0.3 is 0 Å². The monoisotopic (exact) mass is 291 g/mol. The predicted molar refractivity (Wildman–Crippen MR) is 80.7 cm³/mol. The van der Waals surface area contributed by atoms with Gasteiger partial charge in [0.1, 0.15) is 0 Å². The van der Waals surface area contributed by atoms with Crippen LogP contribution in [-0.2, 0) is 26.1 Å². The molecule has 0 saturated heterocycles. The van der Waals surface area contributed by atoms with Crippen molar-refractivity contribution in [2.24, 2.45) is 0 Å². The summed E-state index contributed by atoms with van der Waals surface area (Å²) in [7, 11) is 0. The van der Waals surface area contributed by atoms with Gasteiger partial charge in [-0.3, -0.25) is 9.58 Å². The molecule has 0 aliphatic carbocycles. The summed E-state index contributed by atoms with van der Waals surface area (Å²) in [5.74, 6) is 0. The molecule has 0 unspecified atom stereocenters. The Labute approximate surface area is 123 Å². The van der Waals surface area contributed by atoms with Gasteiger partial charge in [-0.15, -0.1) is 16.4 Å². The molecule has 2 aromatic rings. The Morgan fingerprint density at radius 2 is 2.35 bits per heavy atom. The van der Waals surface area contributed by atoms with Gasteiger partial charge in [-0.05, 0) is 30.0 Å². The second-order valence-corrected chi connectivity index (χ2v) is 6.15. The number of aromatic nitrogens is 3. The molecule has 0 saturated carbocycles. The van der Waals surface area contributed by atoms with Crippen molar-refractivity contribution in [3.8, 4) is 0 Å². The maximum atomic E-state index is 4.19. The zero-order valence-electron chi connectivity index (χ0n) is 11.9. The molecule has 1 aliphatic rings. The van der Waals surface area contributed by atoms with E-state index in [0.717, 1.165) is 45.0 Å². The molecule has 1 aliphatic heterocycles. The van der Waals surface area contributed by atoms with E-state index in [2.05, 4.69) is 38.9 Å². The number of nitrogens with zero attached hydrogens (tertiary/aromatic N) is 4. The molecule has 5 nitrogen and oxygen atoms in total. The van der Waals surface area contributed by atoms with Crippen LogP contribution in [-0.4, -0.2) is 39.5 Å². The van der Waals surface area contributed by atoms with E-state index in [-0.39, 0.29) is 0 Å². The highest BCUT2D eigenvalue weighted by atomic mass is 32.1. The number of hydrogen-bond donors (Lipinski definition) is 1. The highest BCUT2D eigenvalue weighted by Crippen LogP contribution is 2.23. The summed E-state index contributed by atoms with van der Waals surface area (Å²) in [4.78, 5) is 4.07. The molecule has 1 N–H and O–H groups in total. The molecule has 20 heavy (non-hydrogen) atoms. The van der Waals surface area contributed by atoms with E-state index in [1.165, 1.54) is 12.0 Å². The second kappa shape index (κ2) is 6.47. The summed E-state index contributed by atoms with van der Waals surface area (Å²) < 4.78 is 1.95. The lowest BCUT2D eigenvalue weighted by molar-refractivity contribution is 0.241. The maximum absolute atomic E-state index is 4.19. The normalized spacial score (nSPS) is 15.4. The lowest BCUT2D eigenvalue weighted by Gasteiger charge is -2.26. The Morgan fingerprint density at radius 3 is 3.25 bits per heavy atom. The van der Waals surface area contributed by atoms with E-state index in [1.54, 1.807) is 4.88 Å². The molecule has 0 atom stereocenters. The lowest BCUT2D eigenvalue weighted by atomic mass is 10.1. The molecule has 3 heterocycles. The van der Waals surface area contributed by atoms with Crippen LogP contribution >= 0.6 is 11.3 Å². The Bertz CT molecular complexity index is 547. The minimum absolute atomic E-state index is 0.804. The van der Waals surface area contributed by atoms with Gasteiger partial charge in [-0.2, -0.15) is 0 Å². The van der Waals surface area contributed by atoms with E-state index in [1.807, 2.05) is 22.2 Å². The first-order chi connectivity index (χ1) is 9.85. The lowest BCUT2D eigenvalue weighted by Crippen LogP contribution is -2.32. The van der Waals surface area contributed by atoms with Gasteiger partial charge in [0.25, 0.3) is 0 Å².